The van der Waals surface area contributed by atoms with E-state index in [-0.39, 0.29) is 23.8 Å². The lowest BCUT2D eigenvalue weighted by Gasteiger charge is -2.29. The van der Waals surface area contributed by atoms with Gasteiger partial charge in [0.05, 0.1) is 11.7 Å². The first-order valence-electron chi connectivity index (χ1n) is 12.1. The van der Waals surface area contributed by atoms with Gasteiger partial charge in [-0.3, -0.25) is 9.59 Å². The van der Waals surface area contributed by atoms with E-state index in [1.54, 1.807) is 4.90 Å². The quantitative estimate of drug-likeness (QED) is 0.444. The minimum Gasteiger partial charge on any atom is -0.360 e. The molecule has 2 amide bonds. The average Bonchev–Trinajstić information content (AvgIpc) is 3.49. The largest absolute Gasteiger partial charge is 0.360 e. The fourth-order valence-corrected chi connectivity index (χ4v) is 5.03. The Morgan fingerprint density at radius 3 is 2.46 bits per heavy atom. The third-order valence-electron chi connectivity index (χ3n) is 6.68. The number of benzene rings is 2. The van der Waals surface area contributed by atoms with E-state index in [9.17, 15) is 9.59 Å². The van der Waals surface area contributed by atoms with Gasteiger partial charge >= 0.3 is 0 Å². The van der Waals surface area contributed by atoms with Crippen LogP contribution in [0.2, 0.25) is 5.02 Å². The maximum absolute atomic E-state index is 13.5. The summed E-state index contributed by atoms with van der Waals surface area (Å²) >= 11 is 6.33. The molecule has 1 aliphatic rings. The summed E-state index contributed by atoms with van der Waals surface area (Å²) < 4.78 is 5.43. The van der Waals surface area contributed by atoms with E-state index in [0.717, 1.165) is 28.8 Å². The third kappa shape index (κ3) is 5.43. The molecule has 0 aliphatic carbocycles. The van der Waals surface area contributed by atoms with Crippen LogP contribution in [0.5, 0.6) is 0 Å². The van der Waals surface area contributed by atoms with Crippen molar-refractivity contribution in [2.24, 2.45) is 5.92 Å². The third-order valence-corrected chi connectivity index (χ3v) is 7.01. The summed E-state index contributed by atoms with van der Waals surface area (Å²) in [7, 11) is 0. The van der Waals surface area contributed by atoms with Gasteiger partial charge in [0.1, 0.15) is 17.7 Å². The van der Waals surface area contributed by atoms with Crippen molar-refractivity contribution in [3.05, 3.63) is 76.6 Å². The van der Waals surface area contributed by atoms with Gasteiger partial charge in [-0.1, -0.05) is 73.1 Å². The van der Waals surface area contributed by atoms with Crippen LogP contribution in [0.1, 0.15) is 62.6 Å². The molecule has 35 heavy (non-hydrogen) atoms. The molecule has 1 saturated heterocycles. The topological polar surface area (TPSA) is 75.4 Å². The highest BCUT2D eigenvalue weighted by Gasteiger charge is 2.40. The first kappa shape index (κ1) is 25.0. The average molecular weight is 494 g/mol. The predicted octanol–water partition coefficient (Wildman–Crippen LogP) is 5.91. The van der Waals surface area contributed by atoms with Crippen molar-refractivity contribution in [1.82, 2.24) is 15.4 Å². The van der Waals surface area contributed by atoms with Crippen LogP contribution in [0.3, 0.4) is 0 Å². The number of hydrogen-bond acceptors (Lipinski definition) is 4. The van der Waals surface area contributed by atoms with E-state index in [1.807, 2.05) is 82.3 Å². The fourth-order valence-electron chi connectivity index (χ4n) is 4.79. The molecule has 0 spiro atoms. The maximum atomic E-state index is 13.5. The highest BCUT2D eigenvalue weighted by Crippen LogP contribution is 2.32. The molecule has 4 rings (SSSR count). The molecule has 1 aromatic heterocycles. The summed E-state index contributed by atoms with van der Waals surface area (Å²) in [6.07, 6.45) is 1.45. The van der Waals surface area contributed by atoms with Gasteiger partial charge in [0.2, 0.25) is 11.8 Å². The summed E-state index contributed by atoms with van der Waals surface area (Å²) in [6, 6.07) is 16.9. The zero-order valence-electron chi connectivity index (χ0n) is 20.6. The van der Waals surface area contributed by atoms with Crippen LogP contribution >= 0.6 is 11.6 Å². The lowest BCUT2D eigenvalue weighted by Crippen LogP contribution is -2.48. The molecular formula is C28H32ClN3O3. The lowest BCUT2D eigenvalue weighted by molar-refractivity contribution is -0.141. The molecule has 6 nitrogen and oxygen atoms in total. The number of nitrogens with zero attached hydrogens (tertiary/aromatic N) is 2. The number of aromatic nitrogens is 1. The molecule has 3 aromatic rings. The van der Waals surface area contributed by atoms with E-state index < -0.39 is 12.0 Å². The Morgan fingerprint density at radius 2 is 1.83 bits per heavy atom. The lowest BCUT2D eigenvalue weighted by atomic mass is 9.91. The molecule has 2 heterocycles. The number of nitrogens with one attached hydrogen (secondary N) is 1. The van der Waals surface area contributed by atoms with E-state index >= 15 is 0 Å². The highest BCUT2D eigenvalue weighted by molar-refractivity contribution is 6.33. The molecule has 0 unspecified atom stereocenters. The van der Waals surface area contributed by atoms with E-state index in [2.05, 4.69) is 10.5 Å². The second-order valence-corrected chi connectivity index (χ2v) is 10.0. The molecule has 0 radical (unpaired) electrons. The second-order valence-electron chi connectivity index (χ2n) is 9.61. The van der Waals surface area contributed by atoms with Crippen LogP contribution in [0.4, 0.5) is 0 Å². The number of amides is 2. The number of carbonyl (C=O) groups excluding carboxylic acids is 2. The van der Waals surface area contributed by atoms with Crippen LogP contribution in [0.15, 0.2) is 59.1 Å². The normalized spacial score (nSPS) is 17.4. The Bertz CT molecular complexity index is 1190. The number of hydrogen-bond donors (Lipinski definition) is 1. The Morgan fingerprint density at radius 1 is 1.11 bits per heavy atom. The van der Waals surface area contributed by atoms with Crippen molar-refractivity contribution < 1.29 is 14.1 Å². The van der Waals surface area contributed by atoms with Crippen LogP contribution in [-0.2, 0) is 9.59 Å². The second kappa shape index (κ2) is 10.6. The van der Waals surface area contributed by atoms with Crippen molar-refractivity contribution in [3.8, 4) is 11.1 Å². The van der Waals surface area contributed by atoms with Crippen LogP contribution < -0.4 is 5.32 Å². The maximum Gasteiger partial charge on any atom is 0.243 e. The summed E-state index contributed by atoms with van der Waals surface area (Å²) in [5, 5.41) is 7.77. The minimum atomic E-state index is -0.488. The Balaban J connectivity index is 1.45. The molecule has 0 saturated carbocycles. The highest BCUT2D eigenvalue weighted by atomic mass is 35.5. The number of rotatable bonds is 7. The van der Waals surface area contributed by atoms with Crippen LogP contribution in [0, 0.1) is 12.8 Å². The van der Waals surface area contributed by atoms with Gasteiger partial charge < -0.3 is 14.7 Å². The van der Waals surface area contributed by atoms with E-state index in [4.69, 9.17) is 16.1 Å². The molecule has 3 atom stereocenters. The van der Waals surface area contributed by atoms with Gasteiger partial charge in [-0.15, -0.1) is 0 Å². The minimum absolute atomic E-state index is 0.0229. The van der Waals surface area contributed by atoms with Gasteiger partial charge in [-0.25, -0.2) is 0 Å². The van der Waals surface area contributed by atoms with Crippen molar-refractivity contribution in [2.45, 2.75) is 58.5 Å². The molecule has 2 aromatic carbocycles. The number of aryl methyl sites for hydroxylation is 1. The molecule has 0 bridgehead atoms. The molecular weight excluding hydrogens is 462 g/mol. The smallest absolute Gasteiger partial charge is 0.243 e. The molecule has 184 valence electrons. The molecule has 1 aliphatic heterocycles. The van der Waals surface area contributed by atoms with Crippen LogP contribution in [0.25, 0.3) is 11.1 Å². The van der Waals surface area contributed by atoms with E-state index in [0.29, 0.717) is 23.7 Å². The monoisotopic (exact) mass is 493 g/mol. The number of carbonyl (C=O) groups is 2. The van der Waals surface area contributed by atoms with Crippen molar-refractivity contribution in [3.63, 3.8) is 0 Å². The van der Waals surface area contributed by atoms with Gasteiger partial charge in [-0.2, -0.15) is 0 Å². The number of halogens is 1. The summed E-state index contributed by atoms with van der Waals surface area (Å²) in [5.41, 5.74) is 3.72. The molecule has 1 fully saturated rings. The zero-order valence-corrected chi connectivity index (χ0v) is 21.4. The fraction of sp³-hybridized carbons (Fsp3) is 0.393. The zero-order chi connectivity index (χ0) is 25.1. The first-order chi connectivity index (χ1) is 16.8. The Hall–Kier alpha value is -3.12. The van der Waals surface area contributed by atoms with Gasteiger partial charge in [0, 0.05) is 23.2 Å². The SMILES string of the molecule is Cc1cc([C@H](C(=O)N2CCC[C@H]2C(=O)N[C@@H](C)c2ccc(-c3ccccc3Cl)cc2)C(C)C)on1. The molecule has 7 heteroatoms. The van der Waals surface area contributed by atoms with Gasteiger partial charge in [-0.05, 0) is 49.8 Å². The summed E-state index contributed by atoms with van der Waals surface area (Å²) in [5.74, 6) is -0.0880. The summed E-state index contributed by atoms with van der Waals surface area (Å²) in [4.78, 5) is 28.5. The first-order valence-corrected chi connectivity index (χ1v) is 12.5. The van der Waals surface area contributed by atoms with Crippen LogP contribution in [-0.4, -0.2) is 34.5 Å². The van der Waals surface area contributed by atoms with Gasteiger partial charge in [0.15, 0.2) is 0 Å². The Kier molecular flexibility index (Phi) is 7.60. The summed E-state index contributed by atoms with van der Waals surface area (Å²) in [6.45, 7) is 8.33. The Labute approximate surface area is 211 Å². The predicted molar refractivity (Wildman–Crippen MR) is 137 cm³/mol. The van der Waals surface area contributed by atoms with Crippen molar-refractivity contribution in [1.29, 1.82) is 0 Å². The van der Waals surface area contributed by atoms with E-state index in [1.165, 1.54) is 0 Å². The van der Waals surface area contributed by atoms with Crippen molar-refractivity contribution in [2.75, 3.05) is 6.54 Å². The van der Waals surface area contributed by atoms with Gasteiger partial charge in [0.25, 0.3) is 0 Å². The molecule has 1 N–H and O–H groups in total. The number of likely N-dealkylation sites (tertiary alicyclic amines) is 1. The standard InChI is InChI=1S/C28H32ClN3O3/c1-17(2)26(25-16-18(3)31-35-25)28(34)32-15-7-10-24(32)27(33)30-19(4)20-11-13-21(14-12-20)22-8-5-6-9-23(22)29/h5-6,8-9,11-14,16-17,19,24,26H,7,10,15H2,1-4H3,(H,30,33)/t19-,24-,26+/m0/s1. The van der Waals surface area contributed by atoms with Crippen molar-refractivity contribution >= 4 is 23.4 Å².